The summed E-state index contributed by atoms with van der Waals surface area (Å²) in [4.78, 5) is 0. The lowest BCUT2D eigenvalue weighted by molar-refractivity contribution is 0.118. The molecule has 0 aromatic rings. The van der Waals surface area contributed by atoms with E-state index in [2.05, 4.69) is 25.0 Å². The highest BCUT2D eigenvalue weighted by molar-refractivity contribution is 5.24. The smallest absolute Gasteiger partial charge is 0.0905 e. The Kier molecular flexibility index (Phi) is 3.64. The molecule has 0 aromatic heterocycles. The normalized spacial score (nSPS) is 14.1. The van der Waals surface area contributed by atoms with Gasteiger partial charge in [0.2, 0.25) is 0 Å². The van der Waals surface area contributed by atoms with E-state index in [0.717, 1.165) is 5.57 Å². The molecule has 60 valence electrons. The van der Waals surface area contributed by atoms with Crippen LogP contribution in [-0.4, -0.2) is 10.7 Å². The van der Waals surface area contributed by atoms with E-state index in [1.54, 1.807) is 6.92 Å². The van der Waals surface area contributed by atoms with Gasteiger partial charge in [0.25, 0.3) is 0 Å². The number of aliphatic hydroxyl groups is 1. The second-order valence-electron chi connectivity index (χ2n) is 2.82. The third-order valence-corrected chi connectivity index (χ3v) is 1.19. The first kappa shape index (κ1) is 10.0. The zero-order chi connectivity index (χ0) is 8.91. The Labute approximate surface area is 68.4 Å². The molecular formula is C10H14O. The van der Waals surface area contributed by atoms with Gasteiger partial charge in [-0.3, -0.25) is 0 Å². The summed E-state index contributed by atoms with van der Waals surface area (Å²) >= 11 is 0. The van der Waals surface area contributed by atoms with Gasteiger partial charge in [0.1, 0.15) is 0 Å². The van der Waals surface area contributed by atoms with Gasteiger partial charge >= 0.3 is 0 Å². The third-order valence-electron chi connectivity index (χ3n) is 1.19. The van der Waals surface area contributed by atoms with Gasteiger partial charge in [-0.15, -0.1) is 6.58 Å². The second kappa shape index (κ2) is 4.00. The molecule has 11 heavy (non-hydrogen) atoms. The average molecular weight is 150 g/mol. The summed E-state index contributed by atoms with van der Waals surface area (Å²) in [6.07, 6.45) is 1.89. The minimum atomic E-state index is -0.873. The van der Waals surface area contributed by atoms with Crippen LogP contribution < -0.4 is 0 Å². The fraction of sp³-hybridized carbons (Fsp3) is 0.400. The third kappa shape index (κ3) is 5.44. The molecule has 1 unspecified atom stereocenters. The minimum absolute atomic E-state index is 0.406. The maximum absolute atomic E-state index is 9.39. The van der Waals surface area contributed by atoms with Crippen LogP contribution in [0.25, 0.3) is 0 Å². The molecule has 0 bridgehead atoms. The van der Waals surface area contributed by atoms with E-state index in [4.69, 9.17) is 0 Å². The largest absolute Gasteiger partial charge is 0.385 e. The van der Waals surface area contributed by atoms with Crippen LogP contribution in [0.2, 0.25) is 0 Å². The van der Waals surface area contributed by atoms with Crippen LogP contribution in [0.3, 0.4) is 0 Å². The predicted molar refractivity (Wildman–Crippen MR) is 48.0 cm³/mol. The average Bonchev–Trinajstić information content (AvgIpc) is 1.87. The van der Waals surface area contributed by atoms with Crippen molar-refractivity contribution in [2.45, 2.75) is 25.9 Å². The number of hydrogen-bond acceptors (Lipinski definition) is 1. The molecule has 1 atom stereocenters. The number of rotatable bonds is 2. The monoisotopic (exact) mass is 150 g/mol. The Bertz CT molecular complexity index is 213. The van der Waals surface area contributed by atoms with Crippen LogP contribution in [-0.2, 0) is 0 Å². The maximum Gasteiger partial charge on any atom is 0.0905 e. The molecule has 0 spiro atoms. The van der Waals surface area contributed by atoms with Crippen molar-refractivity contribution in [1.82, 2.24) is 0 Å². The van der Waals surface area contributed by atoms with Crippen molar-refractivity contribution < 1.29 is 5.11 Å². The van der Waals surface area contributed by atoms with E-state index in [9.17, 15) is 5.11 Å². The number of hydrogen-bond donors (Lipinski definition) is 1. The molecule has 0 rings (SSSR count). The molecule has 0 radical (unpaired) electrons. The summed E-state index contributed by atoms with van der Waals surface area (Å²) in [5.41, 5.74) is -0.0625. The van der Waals surface area contributed by atoms with Gasteiger partial charge in [-0.05, 0) is 19.4 Å². The highest BCUT2D eigenvalue weighted by atomic mass is 16.3. The summed E-state index contributed by atoms with van der Waals surface area (Å²) in [5, 5.41) is 9.39. The first-order chi connectivity index (χ1) is 4.98. The van der Waals surface area contributed by atoms with Crippen LogP contribution in [0.4, 0.5) is 0 Å². The molecule has 0 aromatic carbocycles. The van der Waals surface area contributed by atoms with Crippen LogP contribution in [0.1, 0.15) is 20.3 Å². The van der Waals surface area contributed by atoms with E-state index < -0.39 is 5.60 Å². The maximum atomic E-state index is 9.39. The SMILES string of the molecule is C=CC(C)(O)CC#CC(=C)C. The standard InChI is InChI=1S/C10H14O/c1-5-10(4,11)8-6-7-9(2)3/h5,11H,1-2,8H2,3-4H3. The Hall–Kier alpha value is -1.00. The van der Waals surface area contributed by atoms with Crippen molar-refractivity contribution in [2.24, 2.45) is 0 Å². The van der Waals surface area contributed by atoms with Crippen LogP contribution in [0, 0.1) is 11.8 Å². The van der Waals surface area contributed by atoms with Gasteiger partial charge in [-0.25, -0.2) is 0 Å². The van der Waals surface area contributed by atoms with Crippen molar-refractivity contribution >= 4 is 0 Å². The zero-order valence-electron chi connectivity index (χ0n) is 7.15. The lowest BCUT2D eigenvalue weighted by Crippen LogP contribution is -2.18. The number of allylic oxidation sites excluding steroid dienone is 1. The van der Waals surface area contributed by atoms with Gasteiger partial charge in [-0.2, -0.15) is 0 Å². The van der Waals surface area contributed by atoms with E-state index in [-0.39, 0.29) is 0 Å². The van der Waals surface area contributed by atoms with Crippen molar-refractivity contribution in [1.29, 1.82) is 0 Å². The molecule has 1 heteroatoms. The highest BCUT2D eigenvalue weighted by Crippen LogP contribution is 2.08. The molecule has 0 amide bonds. The fourth-order valence-corrected chi connectivity index (χ4v) is 0.446. The summed E-state index contributed by atoms with van der Waals surface area (Å²) in [7, 11) is 0. The van der Waals surface area contributed by atoms with Gasteiger partial charge in [-0.1, -0.05) is 24.5 Å². The molecule has 1 nitrogen and oxygen atoms in total. The van der Waals surface area contributed by atoms with Crippen LogP contribution >= 0.6 is 0 Å². The fourth-order valence-electron chi connectivity index (χ4n) is 0.446. The minimum Gasteiger partial charge on any atom is -0.385 e. The van der Waals surface area contributed by atoms with Crippen molar-refractivity contribution in [3.05, 3.63) is 24.8 Å². The van der Waals surface area contributed by atoms with Crippen molar-refractivity contribution in [2.75, 3.05) is 0 Å². The molecule has 0 heterocycles. The first-order valence-corrected chi connectivity index (χ1v) is 3.48. The Morgan fingerprint density at radius 1 is 1.73 bits per heavy atom. The first-order valence-electron chi connectivity index (χ1n) is 3.48. The molecular weight excluding hydrogens is 136 g/mol. The summed E-state index contributed by atoms with van der Waals surface area (Å²) in [6.45, 7) is 10.6. The molecule has 0 aliphatic heterocycles. The van der Waals surface area contributed by atoms with E-state index >= 15 is 0 Å². The zero-order valence-corrected chi connectivity index (χ0v) is 7.15. The van der Waals surface area contributed by atoms with E-state index in [1.165, 1.54) is 6.08 Å². The Morgan fingerprint density at radius 3 is 2.64 bits per heavy atom. The molecule has 0 saturated heterocycles. The molecule has 0 fully saturated rings. The summed E-state index contributed by atoms with van der Waals surface area (Å²) in [5.74, 6) is 5.59. The molecule has 0 aliphatic rings. The molecule has 0 saturated carbocycles. The van der Waals surface area contributed by atoms with E-state index in [1.807, 2.05) is 6.92 Å². The van der Waals surface area contributed by atoms with Gasteiger partial charge in [0, 0.05) is 6.42 Å². The van der Waals surface area contributed by atoms with Gasteiger partial charge in [0.15, 0.2) is 0 Å². The Morgan fingerprint density at radius 2 is 2.27 bits per heavy atom. The Balaban J connectivity index is 4.00. The van der Waals surface area contributed by atoms with E-state index in [0.29, 0.717) is 6.42 Å². The highest BCUT2D eigenvalue weighted by Gasteiger charge is 2.11. The van der Waals surface area contributed by atoms with Gasteiger partial charge in [0.05, 0.1) is 5.60 Å². The van der Waals surface area contributed by atoms with Gasteiger partial charge < -0.3 is 5.11 Å². The summed E-state index contributed by atoms with van der Waals surface area (Å²) in [6, 6.07) is 0. The topological polar surface area (TPSA) is 20.2 Å². The molecule has 0 aliphatic carbocycles. The quantitative estimate of drug-likeness (QED) is 0.471. The van der Waals surface area contributed by atoms with Crippen LogP contribution in [0.5, 0.6) is 0 Å². The lowest BCUT2D eigenvalue weighted by atomic mass is 10.0. The van der Waals surface area contributed by atoms with Crippen molar-refractivity contribution in [3.8, 4) is 11.8 Å². The lowest BCUT2D eigenvalue weighted by Gasteiger charge is -2.13. The van der Waals surface area contributed by atoms with Crippen LogP contribution in [0.15, 0.2) is 24.8 Å². The molecule has 1 N–H and O–H groups in total. The second-order valence-corrected chi connectivity index (χ2v) is 2.82. The predicted octanol–water partition coefficient (Wildman–Crippen LogP) is 1.89. The van der Waals surface area contributed by atoms with Crippen molar-refractivity contribution in [3.63, 3.8) is 0 Å². The summed E-state index contributed by atoms with van der Waals surface area (Å²) < 4.78 is 0.